The minimum atomic E-state index is 0.359. The summed E-state index contributed by atoms with van der Waals surface area (Å²) in [6.45, 7) is 6.04. The highest BCUT2D eigenvalue weighted by atomic mass is 35.5. The average Bonchev–Trinajstić information content (AvgIpc) is 2.23. The second-order valence-electron chi connectivity index (χ2n) is 4.01. The van der Waals surface area contributed by atoms with Crippen LogP contribution < -0.4 is 10.1 Å². The van der Waals surface area contributed by atoms with Gasteiger partial charge in [-0.05, 0) is 24.7 Å². The van der Waals surface area contributed by atoms with E-state index in [-0.39, 0.29) is 0 Å². The van der Waals surface area contributed by atoms with Gasteiger partial charge in [-0.3, -0.25) is 0 Å². The number of ether oxygens (including phenoxy) is 1. The van der Waals surface area contributed by atoms with Gasteiger partial charge in [-0.15, -0.1) is 0 Å². The lowest BCUT2D eigenvalue weighted by molar-refractivity contribution is 0.190. The standard InChI is InChI=1S/C12H16ClNO/c1-3-14-12-8(2)7-15-11-5-4-9(13)6-10(11)12/h4-6,8,12,14H,3,7H2,1-2H3. The molecule has 2 rings (SSSR count). The fourth-order valence-electron chi connectivity index (χ4n) is 2.05. The molecule has 0 bridgehead atoms. The molecule has 0 amide bonds. The van der Waals surface area contributed by atoms with Gasteiger partial charge in [0, 0.05) is 22.5 Å². The molecule has 1 N–H and O–H groups in total. The lowest BCUT2D eigenvalue weighted by Crippen LogP contribution is -2.33. The molecule has 0 aromatic heterocycles. The smallest absolute Gasteiger partial charge is 0.124 e. The molecule has 1 aliphatic rings. The van der Waals surface area contributed by atoms with Crippen LogP contribution in [0, 0.1) is 5.92 Å². The molecule has 2 unspecified atom stereocenters. The van der Waals surface area contributed by atoms with Gasteiger partial charge in [0.15, 0.2) is 0 Å². The summed E-state index contributed by atoms with van der Waals surface area (Å²) in [6, 6.07) is 6.19. The zero-order valence-corrected chi connectivity index (χ0v) is 9.84. The lowest BCUT2D eigenvalue weighted by atomic mass is 9.92. The Morgan fingerprint density at radius 3 is 3.07 bits per heavy atom. The van der Waals surface area contributed by atoms with E-state index in [0.29, 0.717) is 12.0 Å². The number of benzene rings is 1. The molecular weight excluding hydrogens is 210 g/mol. The molecule has 1 aliphatic heterocycles. The van der Waals surface area contributed by atoms with E-state index >= 15 is 0 Å². The summed E-state index contributed by atoms with van der Waals surface area (Å²) < 4.78 is 5.67. The van der Waals surface area contributed by atoms with E-state index in [1.165, 1.54) is 5.56 Å². The van der Waals surface area contributed by atoms with Crippen LogP contribution >= 0.6 is 11.6 Å². The molecule has 3 heteroatoms. The number of hydrogen-bond acceptors (Lipinski definition) is 2. The Morgan fingerprint density at radius 2 is 2.33 bits per heavy atom. The average molecular weight is 226 g/mol. The predicted molar refractivity (Wildman–Crippen MR) is 62.5 cm³/mol. The van der Waals surface area contributed by atoms with Crippen molar-refractivity contribution in [3.63, 3.8) is 0 Å². The molecule has 82 valence electrons. The highest BCUT2D eigenvalue weighted by Gasteiger charge is 2.27. The molecule has 15 heavy (non-hydrogen) atoms. The minimum Gasteiger partial charge on any atom is -0.493 e. The summed E-state index contributed by atoms with van der Waals surface area (Å²) in [6.07, 6.45) is 0. The zero-order valence-electron chi connectivity index (χ0n) is 9.09. The summed E-state index contributed by atoms with van der Waals surface area (Å²) in [4.78, 5) is 0. The van der Waals surface area contributed by atoms with Crippen LogP contribution in [-0.2, 0) is 0 Å². The molecule has 1 aromatic rings. The van der Waals surface area contributed by atoms with Gasteiger partial charge < -0.3 is 10.1 Å². The molecule has 0 radical (unpaired) electrons. The quantitative estimate of drug-likeness (QED) is 0.836. The molecule has 2 atom stereocenters. The Kier molecular flexibility index (Phi) is 3.17. The van der Waals surface area contributed by atoms with Gasteiger partial charge in [-0.25, -0.2) is 0 Å². The summed E-state index contributed by atoms with van der Waals surface area (Å²) in [5, 5.41) is 4.25. The Morgan fingerprint density at radius 1 is 1.53 bits per heavy atom. The van der Waals surface area contributed by atoms with E-state index in [4.69, 9.17) is 16.3 Å². The van der Waals surface area contributed by atoms with Crippen LogP contribution in [0.3, 0.4) is 0 Å². The molecule has 0 aliphatic carbocycles. The van der Waals surface area contributed by atoms with E-state index in [1.807, 2.05) is 18.2 Å². The topological polar surface area (TPSA) is 21.3 Å². The van der Waals surface area contributed by atoms with Crippen molar-refractivity contribution in [1.29, 1.82) is 0 Å². The molecular formula is C12H16ClNO. The monoisotopic (exact) mass is 225 g/mol. The van der Waals surface area contributed by atoms with Crippen molar-refractivity contribution in [2.45, 2.75) is 19.9 Å². The van der Waals surface area contributed by atoms with E-state index in [2.05, 4.69) is 19.2 Å². The predicted octanol–water partition coefficient (Wildman–Crippen LogP) is 3.02. The van der Waals surface area contributed by atoms with Gasteiger partial charge in [0.1, 0.15) is 5.75 Å². The van der Waals surface area contributed by atoms with Crippen molar-refractivity contribution in [2.75, 3.05) is 13.2 Å². The van der Waals surface area contributed by atoms with E-state index in [0.717, 1.165) is 23.9 Å². The van der Waals surface area contributed by atoms with Crippen LogP contribution in [0.15, 0.2) is 18.2 Å². The second kappa shape index (κ2) is 4.42. The maximum absolute atomic E-state index is 6.01. The van der Waals surface area contributed by atoms with E-state index in [1.54, 1.807) is 0 Å². The van der Waals surface area contributed by atoms with Crippen LogP contribution in [0.2, 0.25) is 5.02 Å². The number of nitrogens with one attached hydrogen (secondary N) is 1. The van der Waals surface area contributed by atoms with Gasteiger partial charge in [-0.2, -0.15) is 0 Å². The Hall–Kier alpha value is -0.730. The third-order valence-corrected chi connectivity index (χ3v) is 3.04. The lowest BCUT2D eigenvalue weighted by Gasteiger charge is -2.32. The molecule has 0 saturated heterocycles. The van der Waals surface area contributed by atoms with E-state index < -0.39 is 0 Å². The third-order valence-electron chi connectivity index (χ3n) is 2.80. The molecule has 0 spiro atoms. The Balaban J connectivity index is 2.36. The molecule has 1 heterocycles. The molecule has 0 saturated carbocycles. The van der Waals surface area contributed by atoms with Crippen LogP contribution in [0.5, 0.6) is 5.75 Å². The van der Waals surface area contributed by atoms with Crippen molar-refractivity contribution >= 4 is 11.6 Å². The van der Waals surface area contributed by atoms with Gasteiger partial charge in [0.05, 0.1) is 6.61 Å². The van der Waals surface area contributed by atoms with Crippen molar-refractivity contribution in [1.82, 2.24) is 5.32 Å². The van der Waals surface area contributed by atoms with Crippen molar-refractivity contribution in [3.8, 4) is 5.75 Å². The summed E-state index contributed by atoms with van der Waals surface area (Å²) in [7, 11) is 0. The highest BCUT2D eigenvalue weighted by molar-refractivity contribution is 6.30. The van der Waals surface area contributed by atoms with Crippen molar-refractivity contribution in [3.05, 3.63) is 28.8 Å². The van der Waals surface area contributed by atoms with Crippen LogP contribution in [0.25, 0.3) is 0 Å². The maximum Gasteiger partial charge on any atom is 0.124 e. The first kappa shape index (κ1) is 10.8. The summed E-state index contributed by atoms with van der Waals surface area (Å²) in [5.74, 6) is 1.44. The number of fused-ring (bicyclic) bond motifs is 1. The van der Waals surface area contributed by atoms with Gasteiger partial charge in [0.25, 0.3) is 0 Å². The van der Waals surface area contributed by atoms with Gasteiger partial charge >= 0.3 is 0 Å². The molecule has 1 aromatic carbocycles. The first-order chi connectivity index (χ1) is 7.22. The summed E-state index contributed by atoms with van der Waals surface area (Å²) in [5.41, 5.74) is 1.18. The normalized spacial score (nSPS) is 24.5. The fourth-order valence-corrected chi connectivity index (χ4v) is 2.23. The Bertz CT molecular complexity index is 353. The summed E-state index contributed by atoms with van der Waals surface area (Å²) >= 11 is 6.01. The second-order valence-corrected chi connectivity index (χ2v) is 4.44. The van der Waals surface area contributed by atoms with Crippen molar-refractivity contribution < 1.29 is 4.74 Å². The SMILES string of the molecule is CCNC1c2cc(Cl)ccc2OCC1C. The van der Waals surface area contributed by atoms with Gasteiger partial charge in [-0.1, -0.05) is 25.4 Å². The number of hydrogen-bond donors (Lipinski definition) is 1. The van der Waals surface area contributed by atoms with Gasteiger partial charge in [0.2, 0.25) is 0 Å². The van der Waals surface area contributed by atoms with Crippen LogP contribution in [-0.4, -0.2) is 13.2 Å². The largest absolute Gasteiger partial charge is 0.493 e. The van der Waals surface area contributed by atoms with Crippen LogP contribution in [0.4, 0.5) is 0 Å². The first-order valence-corrected chi connectivity index (χ1v) is 5.75. The molecule has 0 fully saturated rings. The number of rotatable bonds is 2. The number of halogens is 1. The molecule has 2 nitrogen and oxygen atoms in total. The third kappa shape index (κ3) is 2.11. The Labute approximate surface area is 95.6 Å². The fraction of sp³-hybridized carbons (Fsp3) is 0.500. The first-order valence-electron chi connectivity index (χ1n) is 5.38. The minimum absolute atomic E-state index is 0.359. The maximum atomic E-state index is 6.01. The zero-order chi connectivity index (χ0) is 10.8. The highest BCUT2D eigenvalue weighted by Crippen LogP contribution is 2.36. The van der Waals surface area contributed by atoms with Crippen molar-refractivity contribution in [2.24, 2.45) is 5.92 Å². The van der Waals surface area contributed by atoms with Crippen LogP contribution in [0.1, 0.15) is 25.5 Å². The van der Waals surface area contributed by atoms with E-state index in [9.17, 15) is 0 Å².